The van der Waals surface area contributed by atoms with Crippen LogP contribution < -0.4 is 0 Å². The molecule has 0 aromatic carbocycles. The van der Waals surface area contributed by atoms with Crippen LogP contribution in [0.3, 0.4) is 0 Å². The Labute approximate surface area is 233 Å². The Kier molecular flexibility index (Phi) is 8.29. The molecule has 1 amide bonds. The molecule has 1 unspecified atom stereocenters. The maximum absolute atomic E-state index is 13.7. The van der Waals surface area contributed by atoms with Crippen molar-refractivity contribution in [3.8, 4) is 0 Å². The summed E-state index contributed by atoms with van der Waals surface area (Å²) < 4.78 is 0. The maximum Gasteiger partial charge on any atom is 0.272 e. The third kappa shape index (κ3) is 6.85. The first-order valence-electron chi connectivity index (χ1n) is 14.6. The van der Waals surface area contributed by atoms with Gasteiger partial charge < -0.3 is 4.90 Å². The number of rotatable bonds is 8. The molecule has 0 radical (unpaired) electrons. The SMILES string of the molecule is CC(C)c1cc(C(=O)N(C)C(C)(C)CCC(C)c2cc(C(C)(C)C)nc(C3(C)CC3)c2)nc(C(C)(C)C)c1. The Morgan fingerprint density at radius 3 is 1.89 bits per heavy atom. The highest BCUT2D eigenvalue weighted by Crippen LogP contribution is 2.48. The van der Waals surface area contributed by atoms with E-state index in [9.17, 15) is 4.79 Å². The van der Waals surface area contributed by atoms with Crippen LogP contribution in [0.25, 0.3) is 0 Å². The fourth-order valence-electron chi connectivity index (χ4n) is 4.70. The lowest BCUT2D eigenvalue weighted by Gasteiger charge is -2.37. The van der Waals surface area contributed by atoms with Crippen LogP contribution in [0.15, 0.2) is 24.3 Å². The van der Waals surface area contributed by atoms with Crippen molar-refractivity contribution < 1.29 is 4.79 Å². The second-order valence-corrected chi connectivity index (χ2v) is 15.2. The average molecular weight is 520 g/mol. The zero-order valence-corrected chi connectivity index (χ0v) is 26.5. The fourth-order valence-corrected chi connectivity index (χ4v) is 4.70. The van der Waals surface area contributed by atoms with E-state index in [4.69, 9.17) is 9.97 Å². The van der Waals surface area contributed by atoms with Gasteiger partial charge in [-0.05, 0) is 86.8 Å². The molecule has 2 aromatic heterocycles. The molecule has 0 N–H and O–H groups in total. The third-order valence-electron chi connectivity index (χ3n) is 8.71. The van der Waals surface area contributed by atoms with Gasteiger partial charge in [0.25, 0.3) is 5.91 Å². The van der Waals surface area contributed by atoms with Crippen molar-refractivity contribution in [2.75, 3.05) is 7.05 Å². The Hall–Kier alpha value is -2.23. The van der Waals surface area contributed by atoms with E-state index in [1.54, 1.807) is 0 Å². The highest BCUT2D eigenvalue weighted by Gasteiger charge is 2.41. The fraction of sp³-hybridized carbons (Fsp3) is 0.676. The lowest BCUT2D eigenvalue weighted by atomic mass is 9.84. The Bertz CT molecular complexity index is 1140. The lowest BCUT2D eigenvalue weighted by molar-refractivity contribution is 0.0598. The van der Waals surface area contributed by atoms with Gasteiger partial charge in [0.15, 0.2) is 0 Å². The zero-order valence-electron chi connectivity index (χ0n) is 26.5. The smallest absolute Gasteiger partial charge is 0.272 e. The van der Waals surface area contributed by atoms with Crippen LogP contribution in [-0.4, -0.2) is 33.4 Å². The standard InChI is InChI=1S/C34H53N3O/c1-22(2)24-18-26(35-27(19-24)31(4,5)6)30(38)37(13)33(10,11)15-14-23(3)25-20-28(32(7,8)9)36-29(21-25)34(12)16-17-34/h18-23H,14-17H2,1-13H3. The molecule has 2 heterocycles. The third-order valence-corrected chi connectivity index (χ3v) is 8.71. The molecule has 4 nitrogen and oxygen atoms in total. The van der Waals surface area contributed by atoms with E-state index < -0.39 is 0 Å². The molecule has 0 saturated heterocycles. The van der Waals surface area contributed by atoms with E-state index in [0.717, 1.165) is 18.5 Å². The molecule has 1 aliphatic rings. The lowest BCUT2D eigenvalue weighted by Crippen LogP contribution is -2.45. The first-order chi connectivity index (χ1) is 17.2. The summed E-state index contributed by atoms with van der Waals surface area (Å²) in [6, 6.07) is 8.81. The van der Waals surface area contributed by atoms with E-state index in [1.807, 2.05) is 18.0 Å². The van der Waals surface area contributed by atoms with Gasteiger partial charge in [0.05, 0.1) is 0 Å². The normalized spacial score (nSPS) is 16.5. The summed E-state index contributed by atoms with van der Waals surface area (Å²) in [5.41, 5.74) is 6.35. The Balaban J connectivity index is 1.81. The van der Waals surface area contributed by atoms with Crippen LogP contribution in [0.4, 0.5) is 0 Å². The van der Waals surface area contributed by atoms with Gasteiger partial charge in [-0.25, -0.2) is 4.98 Å². The number of hydrogen-bond donors (Lipinski definition) is 0. The molecule has 1 atom stereocenters. The van der Waals surface area contributed by atoms with E-state index in [-0.39, 0.29) is 27.7 Å². The van der Waals surface area contributed by atoms with Gasteiger partial charge in [-0.1, -0.05) is 69.2 Å². The highest BCUT2D eigenvalue weighted by molar-refractivity contribution is 5.93. The summed E-state index contributed by atoms with van der Waals surface area (Å²) in [5.74, 6) is 0.724. The number of carbonyl (C=O) groups is 1. The van der Waals surface area contributed by atoms with Crippen molar-refractivity contribution in [1.82, 2.24) is 14.9 Å². The topological polar surface area (TPSA) is 46.1 Å². The number of amides is 1. The first-order valence-corrected chi connectivity index (χ1v) is 14.6. The minimum Gasteiger partial charge on any atom is -0.335 e. The summed E-state index contributed by atoms with van der Waals surface area (Å²) in [6.07, 6.45) is 4.36. The second-order valence-electron chi connectivity index (χ2n) is 15.2. The monoisotopic (exact) mass is 519 g/mol. The molecule has 0 aliphatic heterocycles. The minimum absolute atomic E-state index is 0.00136. The second kappa shape index (κ2) is 10.4. The molecule has 1 fully saturated rings. The molecule has 210 valence electrons. The minimum atomic E-state index is -0.298. The molecule has 0 bridgehead atoms. The summed E-state index contributed by atoms with van der Waals surface area (Å²) in [4.78, 5) is 25.6. The highest BCUT2D eigenvalue weighted by atomic mass is 16.2. The van der Waals surface area contributed by atoms with Gasteiger partial charge in [-0.3, -0.25) is 9.78 Å². The van der Waals surface area contributed by atoms with Crippen LogP contribution >= 0.6 is 0 Å². The van der Waals surface area contributed by atoms with E-state index in [2.05, 4.69) is 101 Å². The largest absolute Gasteiger partial charge is 0.335 e. The van der Waals surface area contributed by atoms with E-state index in [0.29, 0.717) is 17.5 Å². The van der Waals surface area contributed by atoms with Crippen LogP contribution in [0, 0.1) is 0 Å². The van der Waals surface area contributed by atoms with Crippen molar-refractivity contribution in [3.05, 3.63) is 58.2 Å². The molecule has 1 saturated carbocycles. The van der Waals surface area contributed by atoms with Gasteiger partial charge in [-0.2, -0.15) is 0 Å². The quantitative estimate of drug-likeness (QED) is 0.350. The van der Waals surface area contributed by atoms with Gasteiger partial charge in [0.1, 0.15) is 5.69 Å². The summed E-state index contributed by atoms with van der Waals surface area (Å²) in [5, 5.41) is 0. The van der Waals surface area contributed by atoms with Crippen LogP contribution in [0.1, 0.15) is 159 Å². The molecule has 0 spiro atoms. The Morgan fingerprint density at radius 1 is 0.868 bits per heavy atom. The average Bonchev–Trinajstić information content (AvgIpc) is 3.58. The molecular weight excluding hydrogens is 466 g/mol. The number of nitrogens with zero attached hydrogens (tertiary/aromatic N) is 3. The summed E-state index contributed by atoms with van der Waals surface area (Å²) in [6.45, 7) is 26.6. The zero-order chi connectivity index (χ0) is 28.8. The molecule has 1 aliphatic carbocycles. The molecular formula is C34H53N3O. The van der Waals surface area contributed by atoms with Crippen molar-refractivity contribution in [3.63, 3.8) is 0 Å². The summed E-state index contributed by atoms with van der Waals surface area (Å²) in [7, 11) is 1.93. The maximum atomic E-state index is 13.7. The molecule has 4 heteroatoms. The molecule has 2 aromatic rings. The van der Waals surface area contributed by atoms with Crippen LogP contribution in [0.5, 0.6) is 0 Å². The number of pyridine rings is 2. The molecule has 38 heavy (non-hydrogen) atoms. The first kappa shape index (κ1) is 30.3. The Morgan fingerprint density at radius 2 is 1.39 bits per heavy atom. The van der Waals surface area contributed by atoms with E-state index >= 15 is 0 Å². The van der Waals surface area contributed by atoms with Crippen LogP contribution in [0.2, 0.25) is 0 Å². The van der Waals surface area contributed by atoms with Crippen molar-refractivity contribution in [2.45, 2.75) is 142 Å². The van der Waals surface area contributed by atoms with Crippen LogP contribution in [-0.2, 0) is 16.2 Å². The van der Waals surface area contributed by atoms with E-state index in [1.165, 1.54) is 35.4 Å². The van der Waals surface area contributed by atoms with Gasteiger partial charge in [-0.15, -0.1) is 0 Å². The van der Waals surface area contributed by atoms with Crippen molar-refractivity contribution >= 4 is 5.91 Å². The van der Waals surface area contributed by atoms with Crippen molar-refractivity contribution in [1.29, 1.82) is 0 Å². The summed E-state index contributed by atoms with van der Waals surface area (Å²) >= 11 is 0. The number of aromatic nitrogens is 2. The van der Waals surface area contributed by atoms with Gasteiger partial charge in [0, 0.05) is 45.9 Å². The number of hydrogen-bond acceptors (Lipinski definition) is 3. The van der Waals surface area contributed by atoms with Crippen molar-refractivity contribution in [2.24, 2.45) is 0 Å². The molecule has 3 rings (SSSR count). The predicted octanol–water partition coefficient (Wildman–Crippen LogP) is 8.68. The predicted molar refractivity (Wildman–Crippen MR) is 160 cm³/mol. The van der Waals surface area contributed by atoms with Gasteiger partial charge in [0.2, 0.25) is 0 Å². The number of carbonyl (C=O) groups excluding carboxylic acids is 1. The van der Waals surface area contributed by atoms with Gasteiger partial charge >= 0.3 is 0 Å².